The minimum absolute atomic E-state index is 0.0425. The number of benzene rings is 1. The zero-order valence-corrected chi connectivity index (χ0v) is 16.8. The summed E-state index contributed by atoms with van der Waals surface area (Å²) >= 11 is 5.11. The monoisotopic (exact) mass is 407 g/mol. The Bertz CT molecular complexity index is 1150. The fraction of sp³-hybridized carbons (Fsp3) is 0.350. The topological polar surface area (TPSA) is 50.7 Å². The number of nitrogens with one attached hydrogen (secondary N) is 1. The summed E-state index contributed by atoms with van der Waals surface area (Å²) in [7, 11) is 0. The van der Waals surface area contributed by atoms with E-state index in [0.29, 0.717) is 5.56 Å². The summed E-state index contributed by atoms with van der Waals surface area (Å²) in [6, 6.07) is 8.16. The lowest BCUT2D eigenvalue weighted by atomic mass is 9.86. The molecule has 0 atom stereocenters. The lowest BCUT2D eigenvalue weighted by Gasteiger charge is -2.19. The maximum atomic E-state index is 13.7. The highest BCUT2D eigenvalue weighted by atomic mass is 32.1. The Morgan fingerprint density at radius 3 is 2.25 bits per heavy atom. The Kier molecular flexibility index (Phi) is 4.95. The summed E-state index contributed by atoms with van der Waals surface area (Å²) in [6.07, 6.45) is -4.71. The lowest BCUT2D eigenvalue weighted by molar-refractivity contribution is -0.136. The molecule has 0 radical (unpaired) electrons. The molecular weight excluding hydrogens is 387 g/mol. The van der Waals surface area contributed by atoms with E-state index in [1.165, 1.54) is 4.57 Å². The predicted octanol–water partition coefficient (Wildman–Crippen LogP) is 5.46. The first-order chi connectivity index (χ1) is 12.9. The van der Waals surface area contributed by atoms with Gasteiger partial charge in [0.15, 0.2) is 4.77 Å². The van der Waals surface area contributed by atoms with Crippen molar-refractivity contribution in [1.82, 2.24) is 14.5 Å². The Morgan fingerprint density at radius 1 is 1.14 bits per heavy atom. The number of hydrogen-bond acceptors (Lipinski definition) is 3. The number of alkyl halides is 3. The molecule has 0 saturated carbocycles. The van der Waals surface area contributed by atoms with E-state index < -0.39 is 22.7 Å². The van der Waals surface area contributed by atoms with Crippen LogP contribution in [-0.2, 0) is 18.1 Å². The predicted molar refractivity (Wildman–Crippen MR) is 106 cm³/mol. The maximum absolute atomic E-state index is 13.7. The van der Waals surface area contributed by atoms with Gasteiger partial charge in [-0.2, -0.15) is 13.2 Å². The normalized spacial score (nSPS) is 12.5. The van der Waals surface area contributed by atoms with Crippen LogP contribution in [0.25, 0.3) is 22.3 Å². The van der Waals surface area contributed by atoms with Crippen LogP contribution < -0.4 is 5.56 Å². The number of aryl methyl sites for hydroxylation is 1. The Balaban J connectivity index is 2.36. The molecular formula is C20H20F3N3OS. The molecule has 4 nitrogen and oxygen atoms in total. The van der Waals surface area contributed by atoms with Gasteiger partial charge in [0.2, 0.25) is 0 Å². The molecule has 0 aliphatic carbocycles. The molecule has 3 aromatic rings. The number of fused-ring (bicyclic) bond motifs is 1. The number of aromatic nitrogens is 3. The van der Waals surface area contributed by atoms with Gasteiger partial charge >= 0.3 is 6.18 Å². The van der Waals surface area contributed by atoms with Crippen LogP contribution in [0.1, 0.15) is 38.8 Å². The van der Waals surface area contributed by atoms with Gasteiger partial charge in [0.05, 0.1) is 16.6 Å². The molecule has 148 valence electrons. The van der Waals surface area contributed by atoms with Gasteiger partial charge in [-0.05, 0) is 36.2 Å². The second-order valence-corrected chi connectivity index (χ2v) is 7.97. The van der Waals surface area contributed by atoms with Crippen molar-refractivity contribution in [2.24, 2.45) is 0 Å². The summed E-state index contributed by atoms with van der Waals surface area (Å²) in [5, 5.41) is -0.502. The van der Waals surface area contributed by atoms with Gasteiger partial charge in [-0.15, -0.1) is 0 Å². The SMILES string of the molecule is CCn1c(=S)[nH]c(=O)c2c(C(F)(F)F)cc(-c3ccc(C(C)(C)C)cc3)nc21. The van der Waals surface area contributed by atoms with Crippen molar-refractivity contribution >= 4 is 23.3 Å². The number of pyridine rings is 1. The van der Waals surface area contributed by atoms with Gasteiger partial charge in [-0.25, -0.2) is 4.98 Å². The third kappa shape index (κ3) is 3.61. The first-order valence-corrected chi connectivity index (χ1v) is 9.20. The maximum Gasteiger partial charge on any atom is 0.417 e. The van der Waals surface area contributed by atoms with E-state index in [2.05, 4.69) is 30.7 Å². The number of rotatable bonds is 2. The molecule has 2 aromatic heterocycles. The number of H-pyrrole nitrogens is 1. The number of halogens is 3. The van der Waals surface area contributed by atoms with Gasteiger partial charge in [-0.3, -0.25) is 9.78 Å². The molecule has 0 aliphatic rings. The minimum atomic E-state index is -4.71. The van der Waals surface area contributed by atoms with Gasteiger partial charge in [0, 0.05) is 12.1 Å². The molecule has 1 aromatic carbocycles. The molecule has 2 heterocycles. The van der Waals surface area contributed by atoms with Crippen LogP contribution in [0.15, 0.2) is 35.1 Å². The van der Waals surface area contributed by atoms with E-state index >= 15 is 0 Å². The summed E-state index contributed by atoms with van der Waals surface area (Å²) in [5.74, 6) is 0. The van der Waals surface area contributed by atoms with Gasteiger partial charge < -0.3 is 4.57 Å². The number of nitrogens with zero attached hydrogens (tertiary/aromatic N) is 2. The van der Waals surface area contributed by atoms with Crippen LogP contribution in [0.3, 0.4) is 0 Å². The lowest BCUT2D eigenvalue weighted by Crippen LogP contribution is -2.20. The number of hydrogen-bond donors (Lipinski definition) is 1. The van der Waals surface area contributed by atoms with Crippen molar-refractivity contribution in [3.63, 3.8) is 0 Å². The fourth-order valence-electron chi connectivity index (χ4n) is 3.08. The van der Waals surface area contributed by atoms with Crippen LogP contribution in [0, 0.1) is 4.77 Å². The van der Waals surface area contributed by atoms with E-state index in [1.54, 1.807) is 19.1 Å². The highest BCUT2D eigenvalue weighted by molar-refractivity contribution is 7.71. The molecule has 28 heavy (non-hydrogen) atoms. The van der Waals surface area contributed by atoms with Crippen LogP contribution in [0.5, 0.6) is 0 Å². The van der Waals surface area contributed by atoms with Crippen molar-refractivity contribution < 1.29 is 13.2 Å². The van der Waals surface area contributed by atoms with Gasteiger partial charge in [0.25, 0.3) is 5.56 Å². The van der Waals surface area contributed by atoms with E-state index in [1.807, 2.05) is 12.1 Å². The zero-order chi connectivity index (χ0) is 20.9. The van der Waals surface area contributed by atoms with Crippen molar-refractivity contribution in [3.05, 3.63) is 56.6 Å². The van der Waals surface area contributed by atoms with Crippen molar-refractivity contribution in [2.45, 2.75) is 45.8 Å². The summed E-state index contributed by atoms with van der Waals surface area (Å²) in [5.41, 5.74) is -0.328. The quantitative estimate of drug-likeness (QED) is 0.574. The van der Waals surface area contributed by atoms with Crippen LogP contribution in [0.4, 0.5) is 13.2 Å². The molecule has 0 amide bonds. The van der Waals surface area contributed by atoms with Crippen LogP contribution in [-0.4, -0.2) is 14.5 Å². The van der Waals surface area contributed by atoms with E-state index in [9.17, 15) is 18.0 Å². The Labute approximate surface area is 165 Å². The largest absolute Gasteiger partial charge is 0.417 e. The van der Waals surface area contributed by atoms with E-state index in [4.69, 9.17) is 12.2 Å². The standard InChI is InChI=1S/C20H20F3N3OS/c1-5-26-16-15(17(27)25-18(26)28)13(20(21,22)23)10-14(24-16)11-6-8-12(9-7-11)19(2,3)4/h6-10H,5H2,1-4H3,(H,25,27,28). The molecule has 0 fully saturated rings. The average molecular weight is 407 g/mol. The summed E-state index contributed by atoms with van der Waals surface area (Å²) in [4.78, 5) is 19.0. The molecule has 0 aliphatic heterocycles. The first kappa shape index (κ1) is 20.3. The zero-order valence-electron chi connectivity index (χ0n) is 15.9. The first-order valence-electron chi connectivity index (χ1n) is 8.79. The van der Waals surface area contributed by atoms with E-state index in [0.717, 1.165) is 11.6 Å². The molecule has 8 heteroatoms. The van der Waals surface area contributed by atoms with Gasteiger partial charge in [0.1, 0.15) is 5.65 Å². The molecule has 0 bridgehead atoms. The summed E-state index contributed by atoms with van der Waals surface area (Å²) in [6.45, 7) is 8.18. The third-order valence-electron chi connectivity index (χ3n) is 4.62. The smallest absolute Gasteiger partial charge is 0.303 e. The Hall–Kier alpha value is -2.48. The second-order valence-electron chi connectivity index (χ2n) is 7.58. The molecule has 0 saturated heterocycles. The molecule has 1 N–H and O–H groups in total. The minimum Gasteiger partial charge on any atom is -0.303 e. The average Bonchev–Trinajstić information content (AvgIpc) is 2.59. The van der Waals surface area contributed by atoms with Crippen molar-refractivity contribution in [2.75, 3.05) is 0 Å². The van der Waals surface area contributed by atoms with Gasteiger partial charge in [-0.1, -0.05) is 45.0 Å². The highest BCUT2D eigenvalue weighted by Gasteiger charge is 2.35. The van der Waals surface area contributed by atoms with Crippen LogP contribution >= 0.6 is 12.2 Å². The second kappa shape index (κ2) is 6.84. The van der Waals surface area contributed by atoms with Crippen molar-refractivity contribution in [1.29, 1.82) is 0 Å². The highest BCUT2D eigenvalue weighted by Crippen LogP contribution is 2.36. The molecule has 0 unspecified atom stereocenters. The fourth-order valence-corrected chi connectivity index (χ4v) is 3.39. The van der Waals surface area contributed by atoms with Crippen molar-refractivity contribution in [3.8, 4) is 11.3 Å². The summed E-state index contributed by atoms with van der Waals surface area (Å²) < 4.78 is 42.6. The Morgan fingerprint density at radius 2 is 1.75 bits per heavy atom. The third-order valence-corrected chi connectivity index (χ3v) is 4.94. The van der Waals surface area contributed by atoms with E-state index in [-0.39, 0.29) is 28.1 Å². The molecule has 3 rings (SSSR count). The number of aromatic amines is 1. The molecule has 0 spiro atoms. The van der Waals surface area contributed by atoms with Crippen LogP contribution in [0.2, 0.25) is 0 Å².